The van der Waals surface area contributed by atoms with E-state index in [-0.39, 0.29) is 0 Å². The van der Waals surface area contributed by atoms with Gasteiger partial charge in [0, 0.05) is 16.7 Å². The Morgan fingerprint density at radius 1 is 0.629 bits per heavy atom. The third-order valence-corrected chi connectivity index (χ3v) is 6.63. The van der Waals surface area contributed by atoms with E-state index in [4.69, 9.17) is 29.5 Å². The number of benzene rings is 3. The smallest absolute Gasteiger partial charge is 0.399 e. The van der Waals surface area contributed by atoms with Crippen molar-refractivity contribution in [3.05, 3.63) is 84.4 Å². The van der Waals surface area contributed by atoms with E-state index < -0.39 is 18.3 Å². The van der Waals surface area contributed by atoms with Crippen molar-refractivity contribution >= 4 is 12.6 Å². The van der Waals surface area contributed by atoms with Crippen LogP contribution in [0.25, 0.3) is 34.2 Å². The van der Waals surface area contributed by atoms with Crippen LogP contribution < -0.4 is 5.46 Å². The van der Waals surface area contributed by atoms with Gasteiger partial charge in [-0.25, -0.2) is 15.0 Å². The molecule has 5 rings (SSSR count). The van der Waals surface area contributed by atoms with E-state index in [2.05, 4.69) is 6.07 Å². The van der Waals surface area contributed by atoms with Crippen LogP contribution in [0.2, 0.25) is 0 Å². The Morgan fingerprint density at radius 3 is 1.51 bits per heavy atom. The first kappa shape index (κ1) is 22.9. The fourth-order valence-corrected chi connectivity index (χ4v) is 3.81. The van der Waals surface area contributed by atoms with E-state index in [0.717, 1.165) is 22.2 Å². The summed E-state index contributed by atoms with van der Waals surface area (Å²) in [6.07, 6.45) is 0. The number of nitriles is 1. The molecule has 0 N–H and O–H groups in total. The highest BCUT2D eigenvalue weighted by Gasteiger charge is 2.51. The van der Waals surface area contributed by atoms with Crippen LogP contribution >= 0.6 is 0 Å². The Labute approximate surface area is 205 Å². The van der Waals surface area contributed by atoms with Crippen LogP contribution in [0.4, 0.5) is 0 Å². The summed E-state index contributed by atoms with van der Waals surface area (Å²) in [4.78, 5) is 14.3. The van der Waals surface area contributed by atoms with Gasteiger partial charge in [0.15, 0.2) is 17.5 Å². The van der Waals surface area contributed by atoms with Gasteiger partial charge >= 0.3 is 7.12 Å². The van der Waals surface area contributed by atoms with Crippen LogP contribution in [-0.2, 0) is 9.31 Å². The monoisotopic (exact) mass is 460 g/mol. The number of aromatic nitrogens is 3. The highest BCUT2D eigenvalue weighted by Crippen LogP contribution is 2.36. The van der Waals surface area contributed by atoms with Crippen LogP contribution in [-0.4, -0.2) is 33.3 Å². The third kappa shape index (κ3) is 4.46. The summed E-state index contributed by atoms with van der Waals surface area (Å²) >= 11 is 0. The molecule has 35 heavy (non-hydrogen) atoms. The van der Waals surface area contributed by atoms with Crippen LogP contribution in [0, 0.1) is 11.3 Å². The second kappa shape index (κ2) is 8.73. The molecule has 2 heterocycles. The van der Waals surface area contributed by atoms with Crippen molar-refractivity contribution in [2.45, 2.75) is 38.9 Å². The lowest BCUT2D eigenvalue weighted by molar-refractivity contribution is 0.00578. The molecule has 0 radical (unpaired) electrons. The van der Waals surface area contributed by atoms with E-state index >= 15 is 0 Å². The standard InChI is InChI=1S/C28H25BN4O2/c1-27(2)28(3,4)35-29(34-27)23-16-14-22(15-17-23)26-32-24(20-8-6-5-7-9-20)31-25(33-26)21-12-10-19(18-30)11-13-21/h5-17H,1-4H3. The Morgan fingerprint density at radius 2 is 1.06 bits per heavy atom. The maximum absolute atomic E-state index is 9.13. The molecule has 1 aliphatic heterocycles. The quantitative estimate of drug-likeness (QED) is 0.397. The lowest BCUT2D eigenvalue weighted by Crippen LogP contribution is -2.41. The SMILES string of the molecule is CC1(C)OB(c2ccc(-c3nc(-c4ccccc4)nc(-c4ccc(C#N)cc4)n3)cc2)OC1(C)C. The number of nitrogens with zero attached hydrogens (tertiary/aromatic N) is 4. The largest absolute Gasteiger partial charge is 0.494 e. The van der Waals surface area contributed by atoms with Gasteiger partial charge in [-0.3, -0.25) is 0 Å². The number of hydrogen-bond acceptors (Lipinski definition) is 6. The van der Waals surface area contributed by atoms with Gasteiger partial charge in [-0.2, -0.15) is 5.26 Å². The number of hydrogen-bond donors (Lipinski definition) is 0. The summed E-state index contributed by atoms with van der Waals surface area (Å²) in [5, 5.41) is 9.13. The lowest BCUT2D eigenvalue weighted by atomic mass is 9.79. The first-order chi connectivity index (χ1) is 16.8. The fraction of sp³-hybridized carbons (Fsp3) is 0.214. The predicted molar refractivity (Wildman–Crippen MR) is 137 cm³/mol. The maximum Gasteiger partial charge on any atom is 0.494 e. The summed E-state index contributed by atoms with van der Waals surface area (Å²) < 4.78 is 12.4. The molecular weight excluding hydrogens is 435 g/mol. The molecule has 0 bridgehead atoms. The molecule has 7 heteroatoms. The molecule has 1 fully saturated rings. The number of rotatable bonds is 4. The summed E-state index contributed by atoms with van der Waals surface area (Å²) in [7, 11) is -0.429. The van der Waals surface area contributed by atoms with Gasteiger partial charge < -0.3 is 9.31 Å². The van der Waals surface area contributed by atoms with Gasteiger partial charge in [0.25, 0.3) is 0 Å². The zero-order chi connectivity index (χ0) is 24.6. The molecule has 4 aromatic rings. The van der Waals surface area contributed by atoms with Gasteiger partial charge in [-0.1, -0.05) is 54.6 Å². The Kier molecular flexibility index (Phi) is 5.72. The highest BCUT2D eigenvalue weighted by molar-refractivity contribution is 6.62. The van der Waals surface area contributed by atoms with Crippen LogP contribution in [0.3, 0.4) is 0 Å². The van der Waals surface area contributed by atoms with E-state index in [1.54, 1.807) is 12.1 Å². The summed E-state index contributed by atoms with van der Waals surface area (Å²) in [5.74, 6) is 1.71. The van der Waals surface area contributed by atoms with Crippen molar-refractivity contribution in [2.24, 2.45) is 0 Å². The zero-order valence-electron chi connectivity index (χ0n) is 20.2. The van der Waals surface area contributed by atoms with Gasteiger partial charge in [-0.15, -0.1) is 0 Å². The second-order valence-corrected chi connectivity index (χ2v) is 9.57. The minimum absolute atomic E-state index is 0.398. The van der Waals surface area contributed by atoms with Gasteiger partial charge in [-0.05, 0) is 57.4 Å². The molecule has 6 nitrogen and oxygen atoms in total. The minimum Gasteiger partial charge on any atom is -0.399 e. The third-order valence-electron chi connectivity index (χ3n) is 6.63. The van der Waals surface area contributed by atoms with Crippen LogP contribution in [0.5, 0.6) is 0 Å². The maximum atomic E-state index is 9.13. The van der Waals surface area contributed by atoms with Gasteiger partial charge in [0.2, 0.25) is 0 Å². The van der Waals surface area contributed by atoms with Crippen molar-refractivity contribution in [1.29, 1.82) is 5.26 Å². The summed E-state index contributed by atoms with van der Waals surface area (Å²) in [6.45, 7) is 8.17. The van der Waals surface area contributed by atoms with Gasteiger partial charge in [0.1, 0.15) is 0 Å². The van der Waals surface area contributed by atoms with E-state index in [1.807, 2.05) is 94.4 Å². The highest BCUT2D eigenvalue weighted by atomic mass is 16.7. The second-order valence-electron chi connectivity index (χ2n) is 9.57. The molecular formula is C28H25BN4O2. The Bertz CT molecular complexity index is 1380. The Hall–Kier alpha value is -3.86. The fourth-order valence-electron chi connectivity index (χ4n) is 3.81. The molecule has 1 aliphatic rings. The zero-order valence-corrected chi connectivity index (χ0v) is 20.2. The predicted octanol–water partition coefficient (Wildman–Crippen LogP) is 5.04. The van der Waals surface area contributed by atoms with E-state index in [1.165, 1.54) is 0 Å². The average molecular weight is 460 g/mol. The molecule has 0 spiro atoms. The normalized spacial score (nSPS) is 16.1. The first-order valence-corrected chi connectivity index (χ1v) is 11.5. The molecule has 0 atom stereocenters. The summed E-state index contributed by atoms with van der Waals surface area (Å²) in [6, 6.07) is 27.1. The molecule has 0 aliphatic carbocycles. The summed E-state index contributed by atoms with van der Waals surface area (Å²) in [5.41, 5.74) is 3.32. The van der Waals surface area contributed by atoms with E-state index in [9.17, 15) is 0 Å². The van der Waals surface area contributed by atoms with Crippen molar-refractivity contribution in [2.75, 3.05) is 0 Å². The molecule has 0 unspecified atom stereocenters. The first-order valence-electron chi connectivity index (χ1n) is 11.5. The topological polar surface area (TPSA) is 80.9 Å². The van der Waals surface area contributed by atoms with Crippen LogP contribution in [0.15, 0.2) is 78.9 Å². The van der Waals surface area contributed by atoms with Crippen molar-refractivity contribution in [3.8, 4) is 40.2 Å². The molecule has 0 amide bonds. The minimum atomic E-state index is -0.429. The average Bonchev–Trinajstić information content (AvgIpc) is 3.11. The Balaban J connectivity index is 1.53. The molecule has 172 valence electrons. The van der Waals surface area contributed by atoms with Gasteiger partial charge in [0.05, 0.1) is 22.8 Å². The molecule has 1 saturated heterocycles. The molecule has 0 saturated carbocycles. The lowest BCUT2D eigenvalue weighted by Gasteiger charge is -2.32. The van der Waals surface area contributed by atoms with Crippen LogP contribution in [0.1, 0.15) is 33.3 Å². The van der Waals surface area contributed by atoms with Crippen molar-refractivity contribution in [1.82, 2.24) is 15.0 Å². The van der Waals surface area contributed by atoms with Crippen molar-refractivity contribution < 1.29 is 9.31 Å². The molecule has 3 aromatic carbocycles. The van der Waals surface area contributed by atoms with E-state index in [0.29, 0.717) is 23.0 Å². The van der Waals surface area contributed by atoms with Crippen molar-refractivity contribution in [3.63, 3.8) is 0 Å². The molecule has 1 aromatic heterocycles.